The van der Waals surface area contributed by atoms with Crippen LogP contribution in [0.25, 0.3) is 16.9 Å². The molecule has 3 heterocycles. The molecule has 0 spiro atoms. The molecule has 3 aromatic heterocycles. The Morgan fingerprint density at radius 1 is 1.00 bits per heavy atom. The first-order valence-electron chi connectivity index (χ1n) is 12.2. The fourth-order valence-electron chi connectivity index (χ4n) is 4.05. The summed E-state index contributed by atoms with van der Waals surface area (Å²) in [6, 6.07) is 13.4. The van der Waals surface area contributed by atoms with Gasteiger partial charge in [0, 0.05) is 35.8 Å². The monoisotopic (exact) mass is 512 g/mol. The molecule has 2 N–H and O–H groups in total. The number of aryl methyl sites for hydroxylation is 1. The number of aromatic nitrogens is 6. The summed E-state index contributed by atoms with van der Waals surface area (Å²) in [5, 5.41) is 14.3. The van der Waals surface area contributed by atoms with E-state index in [0.29, 0.717) is 43.3 Å². The van der Waals surface area contributed by atoms with Crippen molar-refractivity contribution in [1.29, 1.82) is 0 Å². The number of methoxy groups -OCH3 is 1. The van der Waals surface area contributed by atoms with Crippen LogP contribution in [-0.2, 0) is 11.3 Å². The minimum Gasteiger partial charge on any atom is -0.497 e. The third-order valence-corrected chi connectivity index (χ3v) is 5.98. The van der Waals surface area contributed by atoms with Crippen LogP contribution in [0.1, 0.15) is 15.9 Å². The van der Waals surface area contributed by atoms with Crippen molar-refractivity contribution in [3.8, 4) is 17.0 Å². The molecule has 0 saturated heterocycles. The van der Waals surface area contributed by atoms with Crippen molar-refractivity contribution in [2.24, 2.45) is 0 Å². The molecule has 0 fully saturated rings. The van der Waals surface area contributed by atoms with Gasteiger partial charge < -0.3 is 20.1 Å². The fraction of sp³-hybridized carbons (Fsp3) is 0.222. The van der Waals surface area contributed by atoms with Crippen LogP contribution in [0, 0.1) is 6.92 Å². The number of anilines is 2. The zero-order valence-electron chi connectivity index (χ0n) is 21.2. The number of rotatable bonds is 11. The molecule has 11 heteroatoms. The van der Waals surface area contributed by atoms with Crippen LogP contribution in [0.15, 0.2) is 73.4 Å². The van der Waals surface area contributed by atoms with Gasteiger partial charge in [0.25, 0.3) is 5.91 Å². The average Bonchev–Trinajstić information content (AvgIpc) is 3.61. The van der Waals surface area contributed by atoms with E-state index in [9.17, 15) is 4.79 Å². The van der Waals surface area contributed by atoms with Crippen molar-refractivity contribution in [1.82, 2.24) is 34.7 Å². The summed E-state index contributed by atoms with van der Waals surface area (Å²) in [4.78, 5) is 23.3. The molecule has 0 saturated carbocycles. The molecule has 0 unspecified atom stereocenters. The van der Waals surface area contributed by atoms with E-state index in [0.717, 1.165) is 28.3 Å². The number of ether oxygens (including phenoxy) is 2. The first-order valence-corrected chi connectivity index (χ1v) is 12.2. The highest BCUT2D eigenvalue weighted by molar-refractivity contribution is 5.96. The second-order valence-electron chi connectivity index (χ2n) is 8.49. The van der Waals surface area contributed by atoms with Gasteiger partial charge in [-0.25, -0.2) is 9.97 Å². The average molecular weight is 513 g/mol. The summed E-state index contributed by atoms with van der Waals surface area (Å²) in [5.74, 6) is 1.27. The van der Waals surface area contributed by atoms with Gasteiger partial charge in [-0.2, -0.15) is 15.0 Å². The molecule has 5 rings (SSSR count). The Hall–Kier alpha value is -4.77. The highest BCUT2D eigenvalue weighted by atomic mass is 16.5. The van der Waals surface area contributed by atoms with Crippen LogP contribution in [-0.4, -0.2) is 62.1 Å². The number of imidazole rings is 1. The summed E-state index contributed by atoms with van der Waals surface area (Å²) in [6.07, 6.45) is 8.67. The summed E-state index contributed by atoms with van der Waals surface area (Å²) >= 11 is 0. The van der Waals surface area contributed by atoms with Crippen molar-refractivity contribution < 1.29 is 14.3 Å². The van der Waals surface area contributed by atoms with E-state index in [4.69, 9.17) is 9.47 Å². The maximum atomic E-state index is 12.7. The minimum atomic E-state index is -0.149. The standard InChI is InChI=1S/C27H28N8O3/c1-19-17-21(5-8-23(19)27(36)29-12-15-38-16-14-35-31-9-10-32-35)33-25-26-30-18-24(34(26)13-11-28-25)20-3-6-22(37-2)7-4-20/h3-11,13,17-18H,12,14-16H2,1-2H3,(H,28,33)(H,29,36). The highest BCUT2D eigenvalue weighted by Gasteiger charge is 2.13. The smallest absolute Gasteiger partial charge is 0.251 e. The van der Waals surface area contributed by atoms with Crippen molar-refractivity contribution in [2.45, 2.75) is 13.5 Å². The van der Waals surface area contributed by atoms with Crippen molar-refractivity contribution in [3.63, 3.8) is 0 Å². The van der Waals surface area contributed by atoms with Crippen LogP contribution in [0.5, 0.6) is 5.75 Å². The number of carbonyl (C=O) groups excluding carboxylic acids is 1. The van der Waals surface area contributed by atoms with Crippen molar-refractivity contribution in [3.05, 3.63) is 84.6 Å². The third-order valence-electron chi connectivity index (χ3n) is 5.98. The van der Waals surface area contributed by atoms with E-state index < -0.39 is 0 Å². The number of nitrogens with one attached hydrogen (secondary N) is 2. The predicted molar refractivity (Wildman–Crippen MR) is 143 cm³/mol. The molecule has 0 aliphatic rings. The Morgan fingerprint density at radius 2 is 1.82 bits per heavy atom. The number of nitrogens with zero attached hydrogens (tertiary/aromatic N) is 6. The highest BCUT2D eigenvalue weighted by Crippen LogP contribution is 2.27. The Labute approximate surface area is 219 Å². The van der Waals surface area contributed by atoms with Gasteiger partial charge in [-0.15, -0.1) is 0 Å². The number of carbonyl (C=O) groups is 1. The number of benzene rings is 2. The predicted octanol–water partition coefficient (Wildman–Crippen LogP) is 3.50. The molecule has 5 aromatic rings. The maximum Gasteiger partial charge on any atom is 0.251 e. The summed E-state index contributed by atoms with van der Waals surface area (Å²) < 4.78 is 12.8. The summed E-state index contributed by atoms with van der Waals surface area (Å²) in [5.41, 5.74) is 4.91. The molecule has 0 radical (unpaired) electrons. The molecule has 0 atom stereocenters. The van der Waals surface area contributed by atoms with E-state index in [1.54, 1.807) is 36.6 Å². The normalized spacial score (nSPS) is 11.0. The molecule has 2 aromatic carbocycles. The van der Waals surface area contributed by atoms with Crippen molar-refractivity contribution >= 4 is 23.1 Å². The van der Waals surface area contributed by atoms with Gasteiger partial charge in [0.05, 0.1) is 51.2 Å². The maximum absolute atomic E-state index is 12.7. The molecule has 0 aliphatic heterocycles. The zero-order valence-corrected chi connectivity index (χ0v) is 21.2. The number of amides is 1. The quantitative estimate of drug-likeness (QED) is 0.258. The first kappa shape index (κ1) is 24.9. The lowest BCUT2D eigenvalue weighted by Gasteiger charge is -2.12. The van der Waals surface area contributed by atoms with Gasteiger partial charge in [0.1, 0.15) is 5.75 Å². The molecule has 38 heavy (non-hydrogen) atoms. The largest absolute Gasteiger partial charge is 0.497 e. The number of fused-ring (bicyclic) bond motifs is 1. The van der Waals surface area contributed by atoms with Gasteiger partial charge in [-0.05, 0) is 55.0 Å². The summed E-state index contributed by atoms with van der Waals surface area (Å²) in [6.45, 7) is 3.76. The third kappa shape index (κ3) is 5.62. The fourth-order valence-corrected chi connectivity index (χ4v) is 4.05. The SMILES string of the molecule is COc1ccc(-c2cnc3c(Nc4ccc(C(=O)NCCOCCn5nccn5)c(C)c4)nccn23)cc1. The molecule has 11 nitrogen and oxygen atoms in total. The van der Waals surface area contributed by atoms with Crippen LogP contribution in [0.2, 0.25) is 0 Å². The topological polar surface area (TPSA) is 120 Å². The van der Waals surface area contributed by atoms with Crippen LogP contribution in [0.3, 0.4) is 0 Å². The van der Waals surface area contributed by atoms with Gasteiger partial charge in [-0.3, -0.25) is 9.20 Å². The van der Waals surface area contributed by atoms with Crippen molar-refractivity contribution in [2.75, 3.05) is 32.2 Å². The molecule has 1 amide bonds. The van der Waals surface area contributed by atoms with Gasteiger partial charge in [0.2, 0.25) is 0 Å². The Kier molecular flexibility index (Phi) is 7.55. The van der Waals surface area contributed by atoms with E-state index in [1.165, 1.54) is 0 Å². The van der Waals surface area contributed by atoms with Gasteiger partial charge in [0.15, 0.2) is 11.5 Å². The lowest BCUT2D eigenvalue weighted by molar-refractivity contribution is 0.0902. The first-order chi connectivity index (χ1) is 18.6. The Bertz CT molecular complexity index is 1510. The molecule has 194 valence electrons. The zero-order chi connectivity index (χ0) is 26.3. The second-order valence-corrected chi connectivity index (χ2v) is 8.49. The molecule has 0 aliphatic carbocycles. The Balaban J connectivity index is 1.20. The number of hydrogen-bond acceptors (Lipinski definition) is 8. The van der Waals surface area contributed by atoms with Gasteiger partial charge in [-0.1, -0.05) is 0 Å². The summed E-state index contributed by atoms with van der Waals surface area (Å²) in [7, 11) is 1.65. The molecular weight excluding hydrogens is 484 g/mol. The Morgan fingerprint density at radius 3 is 2.58 bits per heavy atom. The van der Waals surface area contributed by atoms with E-state index in [2.05, 4.69) is 30.8 Å². The lowest BCUT2D eigenvalue weighted by Crippen LogP contribution is -2.28. The van der Waals surface area contributed by atoms with Crippen LogP contribution >= 0.6 is 0 Å². The van der Waals surface area contributed by atoms with E-state index >= 15 is 0 Å². The molecule has 0 bridgehead atoms. The lowest BCUT2D eigenvalue weighted by atomic mass is 10.1. The minimum absolute atomic E-state index is 0.149. The van der Waals surface area contributed by atoms with Gasteiger partial charge >= 0.3 is 0 Å². The number of hydrogen-bond donors (Lipinski definition) is 2. The van der Waals surface area contributed by atoms with E-state index in [-0.39, 0.29) is 5.91 Å². The molecular formula is C27H28N8O3. The van der Waals surface area contributed by atoms with E-state index in [1.807, 2.05) is 60.1 Å². The second kappa shape index (κ2) is 11.5. The van der Waals surface area contributed by atoms with Crippen LogP contribution < -0.4 is 15.4 Å². The van der Waals surface area contributed by atoms with Crippen LogP contribution in [0.4, 0.5) is 11.5 Å².